The molecule has 1 unspecified atom stereocenters. The molecule has 0 saturated carbocycles. The predicted octanol–water partition coefficient (Wildman–Crippen LogP) is 3.64. The number of cyclic esters (lactones) is 1. The Kier molecular flexibility index (Phi) is 3.74. The monoisotopic (exact) mass is 348 g/mol. The molecule has 4 rings (SSSR count). The number of ether oxygens (including phenoxy) is 3. The zero-order valence-electron chi connectivity index (χ0n) is 14.3. The first-order chi connectivity index (χ1) is 12.6. The molecule has 0 radical (unpaired) electrons. The van der Waals surface area contributed by atoms with Gasteiger partial charge in [0.2, 0.25) is 0 Å². The van der Waals surface area contributed by atoms with Crippen molar-refractivity contribution in [2.45, 2.75) is 5.79 Å². The molecule has 0 saturated heterocycles. The Morgan fingerprint density at radius 2 is 1.77 bits per heavy atom. The van der Waals surface area contributed by atoms with Gasteiger partial charge in [0, 0.05) is 12.7 Å². The predicted molar refractivity (Wildman–Crippen MR) is 94.9 cm³/mol. The van der Waals surface area contributed by atoms with Crippen molar-refractivity contribution in [3.8, 4) is 0 Å². The van der Waals surface area contributed by atoms with Crippen LogP contribution in [0, 0.1) is 0 Å². The van der Waals surface area contributed by atoms with E-state index in [1.54, 1.807) is 30.3 Å². The van der Waals surface area contributed by atoms with Crippen molar-refractivity contribution in [1.29, 1.82) is 0 Å². The van der Waals surface area contributed by atoms with Crippen LogP contribution in [0.4, 0.5) is 0 Å². The number of fused-ring (bicyclic) bond motifs is 3. The molecule has 1 aliphatic rings. The van der Waals surface area contributed by atoms with Gasteiger partial charge in [-0.1, -0.05) is 42.5 Å². The van der Waals surface area contributed by atoms with E-state index in [9.17, 15) is 9.59 Å². The topological polar surface area (TPSA) is 61.8 Å². The van der Waals surface area contributed by atoms with E-state index in [-0.39, 0.29) is 0 Å². The highest BCUT2D eigenvalue weighted by molar-refractivity contribution is 6.04. The van der Waals surface area contributed by atoms with Crippen molar-refractivity contribution < 1.29 is 23.8 Å². The summed E-state index contributed by atoms with van der Waals surface area (Å²) in [4.78, 5) is 24.3. The van der Waals surface area contributed by atoms with Crippen LogP contribution >= 0.6 is 0 Å². The smallest absolute Gasteiger partial charge is 0.341 e. The lowest BCUT2D eigenvalue weighted by Gasteiger charge is -2.28. The molecule has 5 heteroatoms. The van der Waals surface area contributed by atoms with Crippen molar-refractivity contribution in [1.82, 2.24) is 0 Å². The molecule has 0 bridgehead atoms. The maximum absolute atomic E-state index is 12.5. The van der Waals surface area contributed by atoms with Gasteiger partial charge in [-0.25, -0.2) is 9.59 Å². The fourth-order valence-corrected chi connectivity index (χ4v) is 3.46. The van der Waals surface area contributed by atoms with E-state index >= 15 is 0 Å². The van der Waals surface area contributed by atoms with Crippen LogP contribution in [0.25, 0.3) is 10.8 Å². The number of rotatable bonds is 3. The van der Waals surface area contributed by atoms with Gasteiger partial charge in [0.1, 0.15) is 0 Å². The van der Waals surface area contributed by atoms with E-state index in [4.69, 9.17) is 14.2 Å². The normalized spacial score (nSPS) is 18.5. The van der Waals surface area contributed by atoms with E-state index in [1.165, 1.54) is 14.2 Å². The summed E-state index contributed by atoms with van der Waals surface area (Å²) >= 11 is 0. The zero-order valence-corrected chi connectivity index (χ0v) is 14.3. The number of carbonyl (C=O) groups excluding carboxylic acids is 2. The van der Waals surface area contributed by atoms with Crippen molar-refractivity contribution in [2.75, 3.05) is 14.2 Å². The maximum Gasteiger partial charge on any atom is 0.341 e. The van der Waals surface area contributed by atoms with Gasteiger partial charge in [0.05, 0.1) is 23.8 Å². The molecule has 26 heavy (non-hydrogen) atoms. The van der Waals surface area contributed by atoms with Crippen LogP contribution in [0.3, 0.4) is 0 Å². The van der Waals surface area contributed by atoms with Crippen LogP contribution < -0.4 is 0 Å². The molecule has 3 aromatic rings. The average molecular weight is 348 g/mol. The molecule has 1 atom stereocenters. The standard InChI is InChI=1S/C21H16O5/c1-24-19(22)14-9-10-16-13(12-14)8-11-17-18(16)21(25-2,26-20(17)23)15-6-4-3-5-7-15/h3-12H,1-2H3. The summed E-state index contributed by atoms with van der Waals surface area (Å²) in [7, 11) is 2.85. The highest BCUT2D eigenvalue weighted by atomic mass is 16.7. The van der Waals surface area contributed by atoms with Gasteiger partial charge < -0.3 is 14.2 Å². The second-order valence-electron chi connectivity index (χ2n) is 5.99. The van der Waals surface area contributed by atoms with Crippen LogP contribution in [0.5, 0.6) is 0 Å². The quantitative estimate of drug-likeness (QED) is 0.676. The molecule has 0 spiro atoms. The lowest BCUT2D eigenvalue weighted by Crippen LogP contribution is -2.30. The van der Waals surface area contributed by atoms with E-state index in [0.717, 1.165) is 16.3 Å². The molecule has 0 aliphatic carbocycles. The second kappa shape index (κ2) is 5.97. The number of carbonyl (C=O) groups is 2. The van der Waals surface area contributed by atoms with Crippen LogP contribution in [0.2, 0.25) is 0 Å². The fourth-order valence-electron chi connectivity index (χ4n) is 3.46. The van der Waals surface area contributed by atoms with Crippen molar-refractivity contribution in [3.63, 3.8) is 0 Å². The summed E-state index contributed by atoms with van der Waals surface area (Å²) in [6.07, 6.45) is 0. The third kappa shape index (κ3) is 2.21. The van der Waals surface area contributed by atoms with Crippen molar-refractivity contribution in [3.05, 3.63) is 82.9 Å². The number of hydrogen-bond donors (Lipinski definition) is 0. The lowest BCUT2D eigenvalue weighted by molar-refractivity contribution is -0.153. The van der Waals surface area contributed by atoms with Gasteiger partial charge in [-0.3, -0.25) is 0 Å². The Balaban J connectivity index is 2.02. The van der Waals surface area contributed by atoms with Crippen LogP contribution in [-0.4, -0.2) is 26.2 Å². The summed E-state index contributed by atoms with van der Waals surface area (Å²) in [6.45, 7) is 0. The minimum Gasteiger partial charge on any atom is -0.465 e. The third-order valence-corrected chi connectivity index (χ3v) is 4.67. The summed E-state index contributed by atoms with van der Waals surface area (Å²) in [5, 5.41) is 1.58. The molecule has 3 aromatic carbocycles. The number of benzene rings is 3. The van der Waals surface area contributed by atoms with Gasteiger partial charge in [-0.2, -0.15) is 0 Å². The fraction of sp³-hybridized carbons (Fsp3) is 0.143. The van der Waals surface area contributed by atoms with Crippen molar-refractivity contribution >= 4 is 22.7 Å². The summed E-state index contributed by atoms with van der Waals surface area (Å²) < 4.78 is 16.2. The molecule has 0 amide bonds. The Hall–Kier alpha value is -3.18. The minimum atomic E-state index is -1.32. The number of hydrogen-bond acceptors (Lipinski definition) is 5. The van der Waals surface area contributed by atoms with E-state index in [0.29, 0.717) is 16.7 Å². The summed E-state index contributed by atoms with van der Waals surface area (Å²) in [5.41, 5.74) is 2.26. The number of methoxy groups -OCH3 is 2. The summed E-state index contributed by atoms with van der Waals surface area (Å²) in [5.74, 6) is -2.18. The molecule has 0 N–H and O–H groups in total. The van der Waals surface area contributed by atoms with Gasteiger partial charge in [-0.05, 0) is 29.0 Å². The zero-order chi connectivity index (χ0) is 18.3. The average Bonchev–Trinajstić information content (AvgIpc) is 3.01. The first-order valence-electron chi connectivity index (χ1n) is 8.10. The van der Waals surface area contributed by atoms with E-state index < -0.39 is 17.7 Å². The van der Waals surface area contributed by atoms with Gasteiger partial charge >= 0.3 is 11.9 Å². The molecule has 1 aliphatic heterocycles. The molecule has 1 heterocycles. The molecule has 130 valence electrons. The third-order valence-electron chi connectivity index (χ3n) is 4.67. The summed E-state index contributed by atoms with van der Waals surface area (Å²) in [6, 6.07) is 18.0. The van der Waals surface area contributed by atoms with Crippen LogP contribution in [0.1, 0.15) is 31.8 Å². The first kappa shape index (κ1) is 16.3. The Morgan fingerprint density at radius 1 is 1.00 bits per heavy atom. The molecule has 0 aromatic heterocycles. The van der Waals surface area contributed by atoms with Crippen LogP contribution in [0.15, 0.2) is 60.7 Å². The Labute approximate surface area is 150 Å². The highest BCUT2D eigenvalue weighted by Gasteiger charge is 2.48. The van der Waals surface area contributed by atoms with Gasteiger partial charge in [0.15, 0.2) is 0 Å². The molecular formula is C21H16O5. The van der Waals surface area contributed by atoms with Crippen LogP contribution in [-0.2, 0) is 20.0 Å². The maximum atomic E-state index is 12.5. The molecule has 5 nitrogen and oxygen atoms in total. The SMILES string of the molecule is COC(=O)c1ccc2c3c(ccc2c1)C(=O)OC3(OC)c1ccccc1. The largest absolute Gasteiger partial charge is 0.465 e. The molecular weight excluding hydrogens is 332 g/mol. The first-order valence-corrected chi connectivity index (χ1v) is 8.10. The van der Waals surface area contributed by atoms with Gasteiger partial charge in [-0.15, -0.1) is 0 Å². The van der Waals surface area contributed by atoms with Crippen molar-refractivity contribution in [2.24, 2.45) is 0 Å². The molecule has 0 fully saturated rings. The minimum absolute atomic E-state index is 0.416. The van der Waals surface area contributed by atoms with E-state index in [1.807, 2.05) is 30.3 Å². The number of esters is 2. The Bertz CT molecular complexity index is 1030. The second-order valence-corrected chi connectivity index (χ2v) is 5.99. The highest BCUT2D eigenvalue weighted by Crippen LogP contribution is 2.45. The van der Waals surface area contributed by atoms with Gasteiger partial charge in [0.25, 0.3) is 5.79 Å². The Morgan fingerprint density at radius 3 is 2.46 bits per heavy atom. The lowest BCUT2D eigenvalue weighted by atomic mass is 9.90. The van der Waals surface area contributed by atoms with E-state index in [2.05, 4.69) is 0 Å².